The maximum absolute atomic E-state index is 2.74. The lowest BCUT2D eigenvalue weighted by atomic mass is 9.80. The molecular formula is C20H23N. The van der Waals surface area contributed by atoms with Crippen LogP contribution in [0.15, 0.2) is 54.6 Å². The normalized spacial score (nSPS) is 25.1. The third-order valence-corrected chi connectivity index (χ3v) is 5.23. The Labute approximate surface area is 127 Å². The van der Waals surface area contributed by atoms with Crippen LogP contribution in [0.1, 0.15) is 29.5 Å². The fourth-order valence-electron chi connectivity index (χ4n) is 4.11. The Bertz CT molecular complexity index is 604. The molecule has 2 aromatic carbocycles. The molecule has 0 aromatic heterocycles. The first-order valence-corrected chi connectivity index (χ1v) is 8.23. The molecule has 108 valence electrons. The predicted octanol–water partition coefficient (Wildman–Crippen LogP) is 4.07. The van der Waals surface area contributed by atoms with Gasteiger partial charge in [-0.15, -0.1) is 0 Å². The van der Waals surface area contributed by atoms with Gasteiger partial charge in [0, 0.05) is 19.1 Å². The van der Waals surface area contributed by atoms with Crippen molar-refractivity contribution < 1.29 is 0 Å². The lowest BCUT2D eigenvalue weighted by Crippen LogP contribution is -2.46. The van der Waals surface area contributed by atoms with E-state index in [0.717, 1.165) is 18.5 Å². The van der Waals surface area contributed by atoms with Gasteiger partial charge in [0.1, 0.15) is 0 Å². The molecule has 2 atom stereocenters. The van der Waals surface area contributed by atoms with Crippen LogP contribution in [-0.4, -0.2) is 17.5 Å². The van der Waals surface area contributed by atoms with Gasteiger partial charge in [0.05, 0.1) is 0 Å². The minimum Gasteiger partial charge on any atom is -0.296 e. The third kappa shape index (κ3) is 2.75. The summed E-state index contributed by atoms with van der Waals surface area (Å²) in [5, 5.41) is 0. The summed E-state index contributed by atoms with van der Waals surface area (Å²) in [6, 6.07) is 20.8. The van der Waals surface area contributed by atoms with E-state index in [0.29, 0.717) is 0 Å². The van der Waals surface area contributed by atoms with E-state index in [1.807, 2.05) is 0 Å². The average Bonchev–Trinajstić information content (AvgIpc) is 2.49. The SMILES string of the molecule is c1ccc(CN2CC3CCC2Cc2ccccc2C3)cc1. The van der Waals surface area contributed by atoms with E-state index in [4.69, 9.17) is 0 Å². The second-order valence-electron chi connectivity index (χ2n) is 6.69. The summed E-state index contributed by atoms with van der Waals surface area (Å²) in [7, 11) is 0. The van der Waals surface area contributed by atoms with E-state index in [1.165, 1.54) is 37.8 Å². The number of rotatable bonds is 2. The van der Waals surface area contributed by atoms with Gasteiger partial charge in [-0.25, -0.2) is 0 Å². The van der Waals surface area contributed by atoms with E-state index in [-0.39, 0.29) is 0 Å². The first kappa shape index (κ1) is 13.1. The highest BCUT2D eigenvalue weighted by atomic mass is 15.2. The molecule has 2 bridgehead atoms. The fourth-order valence-corrected chi connectivity index (χ4v) is 4.11. The number of benzene rings is 2. The largest absolute Gasteiger partial charge is 0.296 e. The number of hydrogen-bond donors (Lipinski definition) is 0. The standard InChI is InChI=1S/C20H23N/c1-2-6-16(7-3-1)14-21-15-17-10-11-20(21)13-19-9-5-4-8-18(19)12-17/h1-9,17,20H,10-15H2. The van der Waals surface area contributed by atoms with Gasteiger partial charge in [0.25, 0.3) is 0 Å². The molecule has 3 aliphatic rings. The predicted molar refractivity (Wildman–Crippen MR) is 87.2 cm³/mol. The minimum atomic E-state index is 0.725. The van der Waals surface area contributed by atoms with Crippen molar-refractivity contribution in [2.24, 2.45) is 5.92 Å². The molecule has 2 unspecified atom stereocenters. The van der Waals surface area contributed by atoms with E-state index in [2.05, 4.69) is 59.5 Å². The van der Waals surface area contributed by atoms with Gasteiger partial charge < -0.3 is 0 Å². The van der Waals surface area contributed by atoms with Crippen molar-refractivity contribution in [2.75, 3.05) is 6.54 Å². The smallest absolute Gasteiger partial charge is 0.0236 e. The van der Waals surface area contributed by atoms with Gasteiger partial charge in [0.15, 0.2) is 0 Å². The van der Waals surface area contributed by atoms with Crippen LogP contribution in [0.2, 0.25) is 0 Å². The molecule has 21 heavy (non-hydrogen) atoms. The number of fused-ring (bicyclic) bond motifs is 2. The summed E-state index contributed by atoms with van der Waals surface area (Å²) >= 11 is 0. The molecule has 1 saturated heterocycles. The molecule has 2 heterocycles. The molecule has 5 rings (SSSR count). The zero-order valence-electron chi connectivity index (χ0n) is 12.5. The van der Waals surface area contributed by atoms with Crippen LogP contribution < -0.4 is 0 Å². The van der Waals surface area contributed by atoms with Gasteiger partial charge in [-0.05, 0) is 48.3 Å². The maximum atomic E-state index is 2.74. The molecule has 0 saturated carbocycles. The van der Waals surface area contributed by atoms with Crippen LogP contribution in [0.3, 0.4) is 0 Å². The van der Waals surface area contributed by atoms with Crippen LogP contribution in [-0.2, 0) is 19.4 Å². The Morgan fingerprint density at radius 1 is 0.810 bits per heavy atom. The van der Waals surface area contributed by atoms with Crippen molar-refractivity contribution in [3.8, 4) is 0 Å². The second-order valence-corrected chi connectivity index (χ2v) is 6.69. The third-order valence-electron chi connectivity index (χ3n) is 5.23. The first-order valence-electron chi connectivity index (χ1n) is 8.23. The monoisotopic (exact) mass is 277 g/mol. The Morgan fingerprint density at radius 3 is 2.33 bits per heavy atom. The van der Waals surface area contributed by atoms with Crippen molar-refractivity contribution in [3.63, 3.8) is 0 Å². The molecule has 1 fully saturated rings. The second kappa shape index (κ2) is 5.65. The maximum Gasteiger partial charge on any atom is 0.0236 e. The molecule has 1 nitrogen and oxygen atoms in total. The van der Waals surface area contributed by atoms with E-state index in [9.17, 15) is 0 Å². The molecule has 0 amide bonds. The summed E-state index contributed by atoms with van der Waals surface area (Å²) in [6.45, 7) is 2.39. The quantitative estimate of drug-likeness (QED) is 0.800. The highest BCUT2D eigenvalue weighted by Crippen LogP contribution is 2.32. The molecule has 2 aromatic rings. The number of hydrogen-bond acceptors (Lipinski definition) is 1. The molecule has 0 radical (unpaired) electrons. The zero-order valence-corrected chi connectivity index (χ0v) is 12.5. The van der Waals surface area contributed by atoms with E-state index < -0.39 is 0 Å². The molecule has 1 heteroatoms. The van der Waals surface area contributed by atoms with Gasteiger partial charge in [-0.2, -0.15) is 0 Å². The molecule has 2 aliphatic heterocycles. The first-order chi connectivity index (χ1) is 10.4. The average molecular weight is 277 g/mol. The van der Waals surface area contributed by atoms with Crippen molar-refractivity contribution in [1.82, 2.24) is 4.90 Å². The summed E-state index contributed by atoms with van der Waals surface area (Å²) in [4.78, 5) is 2.74. The van der Waals surface area contributed by atoms with Crippen LogP contribution >= 0.6 is 0 Å². The van der Waals surface area contributed by atoms with Gasteiger partial charge in [-0.1, -0.05) is 54.6 Å². The van der Waals surface area contributed by atoms with Crippen LogP contribution in [0, 0.1) is 5.92 Å². The van der Waals surface area contributed by atoms with Crippen molar-refractivity contribution in [1.29, 1.82) is 0 Å². The molecular weight excluding hydrogens is 254 g/mol. The summed E-state index contributed by atoms with van der Waals surface area (Å²) in [6.07, 6.45) is 5.28. The topological polar surface area (TPSA) is 3.24 Å². The summed E-state index contributed by atoms with van der Waals surface area (Å²) in [5.74, 6) is 0.839. The number of nitrogens with zero attached hydrogens (tertiary/aromatic N) is 1. The summed E-state index contributed by atoms with van der Waals surface area (Å²) in [5.41, 5.74) is 4.65. The van der Waals surface area contributed by atoms with E-state index >= 15 is 0 Å². The molecule has 0 N–H and O–H groups in total. The Kier molecular flexibility index (Phi) is 3.52. The Morgan fingerprint density at radius 2 is 1.52 bits per heavy atom. The van der Waals surface area contributed by atoms with Crippen LogP contribution in [0.5, 0.6) is 0 Å². The minimum absolute atomic E-state index is 0.725. The summed E-state index contributed by atoms with van der Waals surface area (Å²) < 4.78 is 0. The molecule has 1 aliphatic carbocycles. The lowest BCUT2D eigenvalue weighted by molar-refractivity contribution is 0.0938. The van der Waals surface area contributed by atoms with Gasteiger partial charge >= 0.3 is 0 Å². The fraction of sp³-hybridized carbons (Fsp3) is 0.400. The molecule has 0 spiro atoms. The highest BCUT2D eigenvalue weighted by molar-refractivity contribution is 5.30. The van der Waals surface area contributed by atoms with Crippen molar-refractivity contribution >= 4 is 0 Å². The highest BCUT2D eigenvalue weighted by Gasteiger charge is 2.31. The van der Waals surface area contributed by atoms with Crippen molar-refractivity contribution in [3.05, 3.63) is 71.3 Å². The number of piperidine rings is 1. The van der Waals surface area contributed by atoms with Gasteiger partial charge in [-0.3, -0.25) is 4.90 Å². The van der Waals surface area contributed by atoms with Crippen molar-refractivity contribution in [2.45, 2.75) is 38.3 Å². The lowest BCUT2D eigenvalue weighted by Gasteiger charge is -2.42. The van der Waals surface area contributed by atoms with Crippen LogP contribution in [0.4, 0.5) is 0 Å². The van der Waals surface area contributed by atoms with Crippen LogP contribution in [0.25, 0.3) is 0 Å². The van der Waals surface area contributed by atoms with E-state index in [1.54, 1.807) is 11.1 Å². The van der Waals surface area contributed by atoms with Gasteiger partial charge in [0.2, 0.25) is 0 Å². The Hall–Kier alpha value is -1.60. The Balaban J connectivity index is 1.59. The zero-order chi connectivity index (χ0) is 14.1.